The summed E-state index contributed by atoms with van der Waals surface area (Å²) in [6.45, 7) is -0.0252. The molecule has 1 unspecified atom stereocenters. The quantitative estimate of drug-likeness (QED) is 0.749. The third kappa shape index (κ3) is 3.27. The van der Waals surface area contributed by atoms with Gasteiger partial charge in [-0.15, -0.1) is 0 Å². The maximum Gasteiger partial charge on any atom is 0.324 e. The van der Waals surface area contributed by atoms with Crippen LogP contribution in [0.1, 0.15) is 0 Å². The number of hydrogen-bond acceptors (Lipinski definition) is 5. The van der Waals surface area contributed by atoms with E-state index in [2.05, 4.69) is 5.32 Å². The van der Waals surface area contributed by atoms with E-state index in [1.807, 2.05) is 0 Å². The van der Waals surface area contributed by atoms with Gasteiger partial charge in [0.2, 0.25) is 5.75 Å². The van der Waals surface area contributed by atoms with Crippen LogP contribution in [-0.2, 0) is 4.79 Å². The largest absolute Gasteiger partial charge is 0.493 e. The number of benzene rings is 1. The highest BCUT2D eigenvalue weighted by molar-refractivity contribution is 5.73. The second kappa shape index (κ2) is 6.70. The van der Waals surface area contributed by atoms with Gasteiger partial charge in [0.05, 0.1) is 14.2 Å². The summed E-state index contributed by atoms with van der Waals surface area (Å²) >= 11 is 0. The lowest BCUT2D eigenvalue weighted by atomic mass is 10.3. The highest BCUT2D eigenvalue weighted by Gasteiger charge is 2.18. The van der Waals surface area contributed by atoms with Crippen LogP contribution in [0.3, 0.4) is 0 Å². The van der Waals surface area contributed by atoms with E-state index >= 15 is 0 Å². The van der Waals surface area contributed by atoms with E-state index < -0.39 is 12.0 Å². The third-order valence-corrected chi connectivity index (χ3v) is 2.42. The molecule has 1 rings (SSSR count). The number of rotatable bonds is 7. The fraction of sp³-hybridized carbons (Fsp3) is 0.417. The summed E-state index contributed by atoms with van der Waals surface area (Å²) < 4.78 is 15.8. The number of para-hydroxylation sites is 1. The van der Waals surface area contributed by atoms with Crippen LogP contribution in [0.2, 0.25) is 0 Å². The molecule has 2 N–H and O–H groups in total. The molecule has 18 heavy (non-hydrogen) atoms. The molecule has 1 atom stereocenters. The minimum absolute atomic E-state index is 0.0252. The number of carboxylic acids is 1. The van der Waals surface area contributed by atoms with Crippen LogP contribution in [0.25, 0.3) is 0 Å². The minimum Gasteiger partial charge on any atom is -0.493 e. The van der Waals surface area contributed by atoms with E-state index in [1.165, 1.54) is 14.2 Å². The highest BCUT2D eigenvalue weighted by Crippen LogP contribution is 2.36. The number of nitrogens with one attached hydrogen (secondary N) is 1. The van der Waals surface area contributed by atoms with Gasteiger partial charge in [-0.2, -0.15) is 0 Å². The van der Waals surface area contributed by atoms with Gasteiger partial charge < -0.3 is 24.6 Å². The van der Waals surface area contributed by atoms with Gasteiger partial charge >= 0.3 is 5.97 Å². The molecule has 0 aliphatic heterocycles. The van der Waals surface area contributed by atoms with Gasteiger partial charge in [-0.3, -0.25) is 4.79 Å². The zero-order chi connectivity index (χ0) is 13.5. The van der Waals surface area contributed by atoms with Crippen molar-refractivity contribution in [2.45, 2.75) is 6.04 Å². The lowest BCUT2D eigenvalue weighted by Crippen LogP contribution is -2.39. The van der Waals surface area contributed by atoms with Crippen LogP contribution in [0.5, 0.6) is 17.2 Å². The molecule has 6 heteroatoms. The Morgan fingerprint density at radius 1 is 1.33 bits per heavy atom. The molecule has 0 bridgehead atoms. The van der Waals surface area contributed by atoms with Crippen molar-refractivity contribution in [2.24, 2.45) is 0 Å². The van der Waals surface area contributed by atoms with Crippen molar-refractivity contribution in [3.63, 3.8) is 0 Å². The molecular weight excluding hydrogens is 238 g/mol. The Morgan fingerprint density at radius 3 is 2.28 bits per heavy atom. The second-order valence-electron chi connectivity index (χ2n) is 3.48. The maximum atomic E-state index is 10.9. The van der Waals surface area contributed by atoms with Crippen LogP contribution in [0, 0.1) is 0 Å². The highest BCUT2D eigenvalue weighted by atomic mass is 16.5. The fourth-order valence-corrected chi connectivity index (χ4v) is 1.40. The second-order valence-corrected chi connectivity index (χ2v) is 3.48. The monoisotopic (exact) mass is 255 g/mol. The van der Waals surface area contributed by atoms with E-state index in [0.29, 0.717) is 17.2 Å². The topological polar surface area (TPSA) is 77.0 Å². The Labute approximate surface area is 105 Å². The molecule has 0 spiro atoms. The first-order valence-electron chi connectivity index (χ1n) is 5.37. The van der Waals surface area contributed by atoms with E-state index in [1.54, 1.807) is 25.2 Å². The average Bonchev–Trinajstić information content (AvgIpc) is 2.38. The van der Waals surface area contributed by atoms with E-state index in [0.717, 1.165) is 0 Å². The minimum atomic E-state index is -0.980. The van der Waals surface area contributed by atoms with Gasteiger partial charge in [-0.05, 0) is 19.2 Å². The SMILES string of the molecule is CNC(COc1c(OC)cccc1OC)C(=O)O. The van der Waals surface area contributed by atoms with Crippen molar-refractivity contribution >= 4 is 5.97 Å². The molecule has 0 saturated heterocycles. The van der Waals surface area contributed by atoms with Gasteiger partial charge in [0.15, 0.2) is 11.5 Å². The van der Waals surface area contributed by atoms with Crippen molar-refractivity contribution in [3.8, 4) is 17.2 Å². The summed E-state index contributed by atoms with van der Waals surface area (Å²) in [5.41, 5.74) is 0. The summed E-state index contributed by atoms with van der Waals surface area (Å²) in [4.78, 5) is 10.9. The molecular formula is C12H17NO5. The van der Waals surface area contributed by atoms with Gasteiger partial charge in [0.25, 0.3) is 0 Å². The standard InChI is InChI=1S/C12H17NO5/c1-13-8(12(14)15)7-18-11-9(16-2)5-4-6-10(11)17-3/h4-6,8,13H,7H2,1-3H3,(H,14,15). The lowest BCUT2D eigenvalue weighted by Gasteiger charge is -2.16. The van der Waals surface area contributed by atoms with Crippen molar-refractivity contribution in [3.05, 3.63) is 18.2 Å². The zero-order valence-electron chi connectivity index (χ0n) is 10.6. The summed E-state index contributed by atoms with van der Waals surface area (Å²) in [5.74, 6) is 0.402. The Hall–Kier alpha value is -1.95. The number of aliphatic carboxylic acids is 1. The predicted octanol–water partition coefficient (Wildman–Crippen LogP) is 0.755. The normalized spacial score (nSPS) is 11.7. The summed E-state index contributed by atoms with van der Waals surface area (Å²) in [6.07, 6.45) is 0. The molecule has 0 aliphatic carbocycles. The van der Waals surface area contributed by atoms with Crippen molar-refractivity contribution < 1.29 is 24.1 Å². The first kappa shape index (κ1) is 14.1. The summed E-state index contributed by atoms with van der Waals surface area (Å²) in [7, 11) is 4.57. The molecule has 1 aromatic rings. The molecule has 0 aliphatic rings. The molecule has 6 nitrogen and oxygen atoms in total. The van der Waals surface area contributed by atoms with Crippen LogP contribution in [0.15, 0.2) is 18.2 Å². The number of ether oxygens (including phenoxy) is 3. The van der Waals surface area contributed by atoms with Crippen LogP contribution in [0.4, 0.5) is 0 Å². The van der Waals surface area contributed by atoms with Gasteiger partial charge in [0.1, 0.15) is 12.6 Å². The number of carboxylic acid groups (broad SMARTS) is 1. The number of likely N-dealkylation sites (N-methyl/N-ethyl adjacent to an activating group) is 1. The first-order valence-corrected chi connectivity index (χ1v) is 5.37. The molecule has 1 aromatic carbocycles. The van der Waals surface area contributed by atoms with E-state index in [-0.39, 0.29) is 6.61 Å². The zero-order valence-corrected chi connectivity index (χ0v) is 10.6. The van der Waals surface area contributed by atoms with Crippen LogP contribution in [-0.4, -0.2) is 45.0 Å². The summed E-state index contributed by atoms with van der Waals surface area (Å²) in [6, 6.07) is 4.40. The Bertz CT molecular complexity index is 385. The van der Waals surface area contributed by atoms with Crippen LogP contribution >= 0.6 is 0 Å². The molecule has 0 radical (unpaired) electrons. The van der Waals surface area contributed by atoms with Crippen LogP contribution < -0.4 is 19.5 Å². The van der Waals surface area contributed by atoms with E-state index in [9.17, 15) is 4.79 Å². The Balaban J connectivity index is 2.85. The molecule has 0 heterocycles. The molecule has 0 amide bonds. The van der Waals surface area contributed by atoms with Crippen molar-refractivity contribution in [1.29, 1.82) is 0 Å². The van der Waals surface area contributed by atoms with Crippen molar-refractivity contribution in [1.82, 2.24) is 5.32 Å². The lowest BCUT2D eigenvalue weighted by molar-refractivity contribution is -0.140. The van der Waals surface area contributed by atoms with Gasteiger partial charge in [0, 0.05) is 0 Å². The molecule has 0 fully saturated rings. The first-order chi connectivity index (χ1) is 8.63. The third-order valence-electron chi connectivity index (χ3n) is 2.42. The number of carbonyl (C=O) groups is 1. The average molecular weight is 255 g/mol. The maximum absolute atomic E-state index is 10.9. The van der Waals surface area contributed by atoms with E-state index in [4.69, 9.17) is 19.3 Å². The van der Waals surface area contributed by atoms with Gasteiger partial charge in [-0.25, -0.2) is 0 Å². The Kier molecular flexibility index (Phi) is 5.26. The van der Waals surface area contributed by atoms with Crippen molar-refractivity contribution in [2.75, 3.05) is 27.9 Å². The summed E-state index contributed by atoms with van der Waals surface area (Å²) in [5, 5.41) is 11.5. The Morgan fingerprint density at radius 2 is 1.89 bits per heavy atom. The number of methoxy groups -OCH3 is 2. The molecule has 0 aromatic heterocycles. The fourth-order valence-electron chi connectivity index (χ4n) is 1.40. The molecule has 100 valence electrons. The van der Waals surface area contributed by atoms with Gasteiger partial charge in [-0.1, -0.05) is 6.07 Å². The molecule has 0 saturated carbocycles. The number of hydrogen-bond donors (Lipinski definition) is 2. The smallest absolute Gasteiger partial charge is 0.324 e. The predicted molar refractivity (Wildman–Crippen MR) is 65.5 cm³/mol.